The van der Waals surface area contributed by atoms with Crippen molar-refractivity contribution in [3.8, 4) is 0 Å². The van der Waals surface area contributed by atoms with Crippen LogP contribution in [0.4, 0.5) is 0 Å². The highest BCUT2D eigenvalue weighted by molar-refractivity contribution is 5.75. The summed E-state index contributed by atoms with van der Waals surface area (Å²) >= 11 is 0. The molecule has 0 aromatic rings. The number of nitrogens with one attached hydrogen (secondary N) is 1. The third-order valence-corrected chi connectivity index (χ3v) is 9.52. The molecule has 0 unspecified atom stereocenters. The monoisotopic (exact) mass is 651 g/mol. The van der Waals surface area contributed by atoms with Crippen LogP contribution in [0.2, 0.25) is 0 Å². The highest BCUT2D eigenvalue weighted by Crippen LogP contribution is 2.15. The molecule has 0 saturated carbocycles. The number of ether oxygens (including phenoxy) is 1. The fourth-order valence-corrected chi connectivity index (χ4v) is 6.29. The molecule has 0 aromatic heterocycles. The van der Waals surface area contributed by atoms with Crippen molar-refractivity contribution >= 4 is 11.9 Å². The van der Waals surface area contributed by atoms with Crippen molar-refractivity contribution in [3.05, 3.63) is 0 Å². The average molecular weight is 651 g/mol. The molecule has 0 aliphatic rings. The van der Waals surface area contributed by atoms with Crippen LogP contribution in [-0.2, 0) is 14.3 Å². The highest BCUT2D eigenvalue weighted by atomic mass is 16.5. The molecule has 5 heteroatoms. The van der Waals surface area contributed by atoms with Crippen molar-refractivity contribution in [3.63, 3.8) is 0 Å². The zero-order valence-electron chi connectivity index (χ0n) is 31.6. The average Bonchev–Trinajstić information content (AvgIpc) is 3.04. The van der Waals surface area contributed by atoms with E-state index in [2.05, 4.69) is 24.1 Å². The molecular weight excluding hydrogens is 568 g/mol. The summed E-state index contributed by atoms with van der Waals surface area (Å²) in [5, 5.41) is 3.09. The Morgan fingerprint density at radius 3 is 1.28 bits per heavy atom. The first-order valence-electron chi connectivity index (χ1n) is 20.7. The molecule has 0 aromatic carbocycles. The molecule has 0 atom stereocenters. The van der Waals surface area contributed by atoms with Gasteiger partial charge in [-0.15, -0.1) is 0 Å². The number of carbonyl (C=O) groups is 2. The molecule has 1 amide bonds. The minimum absolute atomic E-state index is 0.0649. The van der Waals surface area contributed by atoms with Crippen LogP contribution in [0.3, 0.4) is 0 Å². The van der Waals surface area contributed by atoms with E-state index < -0.39 is 0 Å². The van der Waals surface area contributed by atoms with Gasteiger partial charge in [0.15, 0.2) is 6.61 Å². The molecule has 0 spiro atoms. The lowest BCUT2D eigenvalue weighted by atomic mass is 10.0. The Morgan fingerprint density at radius 2 is 0.870 bits per heavy atom. The van der Waals surface area contributed by atoms with Crippen LogP contribution in [0.25, 0.3) is 0 Å². The topological polar surface area (TPSA) is 61.5 Å². The van der Waals surface area contributed by atoms with Gasteiger partial charge >= 0.3 is 5.97 Å². The van der Waals surface area contributed by atoms with E-state index in [1.54, 1.807) is 0 Å². The maximum absolute atomic E-state index is 12.2. The van der Waals surface area contributed by atoms with Gasteiger partial charge in [-0.25, -0.2) is 0 Å². The number of carbonyl (C=O) groups excluding carboxylic acids is 2. The zero-order valence-corrected chi connectivity index (χ0v) is 31.6. The van der Waals surface area contributed by atoms with Crippen LogP contribution >= 0.6 is 0 Å². The van der Waals surface area contributed by atoms with E-state index in [0.717, 1.165) is 45.3 Å². The van der Waals surface area contributed by atoms with Crippen LogP contribution < -0.4 is 5.32 Å². The number of unbranched alkanes of at least 4 members (excludes halogenated alkanes) is 27. The second kappa shape index (κ2) is 38.3. The highest BCUT2D eigenvalue weighted by Gasteiger charge is 2.16. The molecule has 273 valence electrons. The van der Waals surface area contributed by atoms with Gasteiger partial charge < -0.3 is 15.0 Å². The molecular formula is C41H82N2O3+. The van der Waals surface area contributed by atoms with Gasteiger partial charge in [-0.3, -0.25) is 4.79 Å². The van der Waals surface area contributed by atoms with E-state index in [0.29, 0.717) is 19.4 Å². The van der Waals surface area contributed by atoms with Gasteiger partial charge in [-0.1, -0.05) is 187 Å². The zero-order chi connectivity index (χ0) is 33.6. The number of nitrogens with zero attached hydrogens (tertiary/aromatic N) is 1. The summed E-state index contributed by atoms with van der Waals surface area (Å²) in [6, 6.07) is 0. The Kier molecular flexibility index (Phi) is 37.4. The lowest BCUT2D eigenvalue weighted by Crippen LogP contribution is -2.28. The molecule has 0 heterocycles. The van der Waals surface area contributed by atoms with E-state index in [9.17, 15) is 9.59 Å². The predicted molar refractivity (Wildman–Crippen MR) is 201 cm³/mol. The molecule has 0 bridgehead atoms. The van der Waals surface area contributed by atoms with E-state index in [1.807, 2.05) is 7.05 Å². The maximum atomic E-state index is 12.2. The second-order valence-corrected chi connectivity index (χ2v) is 14.3. The Bertz CT molecular complexity index is 627. The van der Waals surface area contributed by atoms with Crippen LogP contribution in [-0.4, -0.2) is 50.1 Å². The van der Waals surface area contributed by atoms with Gasteiger partial charge in [-0.05, 0) is 32.9 Å². The summed E-state index contributed by atoms with van der Waals surface area (Å²) in [6.07, 6.45) is 40.9. The van der Waals surface area contributed by atoms with E-state index >= 15 is 0 Å². The lowest BCUT2D eigenvalue weighted by molar-refractivity contribution is -0.144. The Hall–Kier alpha value is -1.10. The van der Waals surface area contributed by atoms with Gasteiger partial charge in [-0.2, -0.15) is 0 Å². The molecule has 0 rings (SSSR count). The largest absolute Gasteiger partial charge is 0.574 e. The molecule has 46 heavy (non-hydrogen) atoms. The molecule has 0 fully saturated rings. The van der Waals surface area contributed by atoms with Crippen molar-refractivity contribution in [2.75, 3.05) is 33.3 Å². The first-order valence-corrected chi connectivity index (χ1v) is 20.7. The Morgan fingerprint density at radius 1 is 0.500 bits per heavy atom. The van der Waals surface area contributed by atoms with Crippen molar-refractivity contribution in [1.29, 1.82) is 0 Å². The van der Waals surface area contributed by atoms with Gasteiger partial charge in [0.25, 0.3) is 0 Å². The number of hydrogen-bond acceptors (Lipinski definition) is 4. The van der Waals surface area contributed by atoms with Crippen molar-refractivity contribution < 1.29 is 14.3 Å². The van der Waals surface area contributed by atoms with Gasteiger partial charge in [0.1, 0.15) is 6.42 Å². The smallest absolute Gasteiger partial charge is 0.356 e. The predicted octanol–water partition coefficient (Wildman–Crippen LogP) is 12.1. The first kappa shape index (κ1) is 44.9. The number of amides is 1. The maximum Gasteiger partial charge on any atom is 0.574 e. The molecule has 1 radical (unpaired) electrons. The third-order valence-electron chi connectivity index (χ3n) is 9.52. The SMILES string of the molecule is CCCCCCCCCCCCCCCCCCNC(=O)CCCN(C)CCOC(=[O+])CCCCCCCCCCCCCCC. The van der Waals surface area contributed by atoms with Crippen molar-refractivity contribution in [2.45, 2.75) is 219 Å². The van der Waals surface area contributed by atoms with E-state index in [1.165, 1.54) is 167 Å². The number of esters is 1. The fourth-order valence-electron chi connectivity index (χ4n) is 6.29. The van der Waals surface area contributed by atoms with Gasteiger partial charge in [0, 0.05) is 17.8 Å². The third kappa shape index (κ3) is 37.4. The summed E-state index contributed by atoms with van der Waals surface area (Å²) in [5.41, 5.74) is 0. The standard InChI is InChI=1S/C41H82N2O3/c1-4-6-8-10-12-14-16-18-19-20-22-24-26-28-30-32-36-42-40(44)34-33-37-43(3)38-39-46-41(45)35-31-29-27-25-23-21-17-15-13-11-9-7-5-2/h4-39H2,1-3H3,(H,42,44)/q+1. The number of rotatable bonds is 38. The van der Waals surface area contributed by atoms with Gasteiger partial charge in [0.05, 0.1) is 6.54 Å². The lowest BCUT2D eigenvalue weighted by Gasteiger charge is -2.14. The van der Waals surface area contributed by atoms with Crippen LogP contribution in [0.15, 0.2) is 0 Å². The molecule has 0 aliphatic heterocycles. The minimum Gasteiger partial charge on any atom is -0.356 e. The summed E-state index contributed by atoms with van der Waals surface area (Å²) in [5.74, 6) is 0.100. The summed E-state index contributed by atoms with van der Waals surface area (Å²) in [7, 11) is 2.04. The second-order valence-electron chi connectivity index (χ2n) is 14.3. The minimum atomic E-state index is -0.0649. The fraction of sp³-hybridized carbons (Fsp3) is 0.951. The van der Waals surface area contributed by atoms with Crippen LogP contribution in [0.5, 0.6) is 0 Å². The normalized spacial score (nSPS) is 11.4. The molecule has 1 N–H and O–H groups in total. The Balaban J connectivity index is 3.35. The van der Waals surface area contributed by atoms with E-state index in [-0.39, 0.29) is 11.9 Å². The van der Waals surface area contributed by atoms with E-state index in [4.69, 9.17) is 4.74 Å². The Labute approximate surface area is 288 Å². The molecule has 0 aliphatic carbocycles. The summed E-state index contributed by atoms with van der Waals surface area (Å²) in [6.45, 7) is 7.39. The molecule has 0 saturated heterocycles. The van der Waals surface area contributed by atoms with Crippen molar-refractivity contribution in [1.82, 2.24) is 10.2 Å². The summed E-state index contributed by atoms with van der Waals surface area (Å²) < 4.78 is 5.43. The van der Waals surface area contributed by atoms with Gasteiger partial charge in [0.2, 0.25) is 5.91 Å². The van der Waals surface area contributed by atoms with Crippen LogP contribution in [0.1, 0.15) is 219 Å². The molecule has 5 nitrogen and oxygen atoms in total. The quantitative estimate of drug-likeness (QED) is 0.0410. The first-order chi connectivity index (χ1) is 22.6. The van der Waals surface area contributed by atoms with Crippen molar-refractivity contribution in [2.24, 2.45) is 0 Å². The van der Waals surface area contributed by atoms with Crippen LogP contribution in [0, 0.1) is 0 Å². The number of hydrogen-bond donors (Lipinski definition) is 1. The number of likely N-dealkylation sites (N-methyl/N-ethyl adjacent to an activating group) is 1. The summed E-state index contributed by atoms with van der Waals surface area (Å²) in [4.78, 5) is 26.3.